The van der Waals surface area contributed by atoms with Crippen molar-refractivity contribution < 1.29 is 4.74 Å². The number of hydrogen-bond acceptors (Lipinski definition) is 4. The molecule has 0 bridgehead atoms. The molecular formula is C19H18BrCl2N3OS. The minimum atomic E-state index is -0.225. The van der Waals surface area contributed by atoms with E-state index in [0.717, 1.165) is 33.3 Å². The molecule has 3 aromatic rings. The molecule has 8 heteroatoms. The molecule has 1 heterocycles. The van der Waals surface area contributed by atoms with E-state index >= 15 is 0 Å². The molecule has 0 saturated heterocycles. The third kappa shape index (κ3) is 4.99. The average Bonchev–Trinajstić information content (AvgIpc) is 3.06. The number of nitrogens with zero attached hydrogens (tertiary/aromatic N) is 3. The van der Waals surface area contributed by atoms with Crippen LogP contribution in [0.3, 0.4) is 0 Å². The lowest BCUT2D eigenvalue weighted by Gasteiger charge is -2.15. The van der Waals surface area contributed by atoms with E-state index in [4.69, 9.17) is 27.9 Å². The molecule has 4 nitrogen and oxygen atoms in total. The number of aromatic nitrogens is 3. The van der Waals surface area contributed by atoms with Gasteiger partial charge in [0.15, 0.2) is 17.1 Å². The Balaban J connectivity index is 1.75. The molecular weight excluding hydrogens is 469 g/mol. The maximum atomic E-state index is 6.26. The fourth-order valence-corrected chi connectivity index (χ4v) is 4.60. The van der Waals surface area contributed by atoms with Gasteiger partial charge in [0, 0.05) is 26.8 Å². The van der Waals surface area contributed by atoms with Crippen LogP contribution < -0.4 is 4.74 Å². The van der Waals surface area contributed by atoms with Crippen molar-refractivity contribution in [2.24, 2.45) is 0 Å². The molecule has 0 N–H and O–H groups in total. The highest BCUT2D eigenvalue weighted by molar-refractivity contribution is 9.10. The van der Waals surface area contributed by atoms with Gasteiger partial charge in [0.1, 0.15) is 5.75 Å². The first-order chi connectivity index (χ1) is 13.0. The second-order valence-corrected chi connectivity index (χ2v) is 8.46. The van der Waals surface area contributed by atoms with E-state index in [1.807, 2.05) is 49.4 Å². The summed E-state index contributed by atoms with van der Waals surface area (Å²) in [5, 5.41) is 10.8. The summed E-state index contributed by atoms with van der Waals surface area (Å²) in [5.74, 6) is 2.19. The predicted molar refractivity (Wildman–Crippen MR) is 115 cm³/mol. The van der Waals surface area contributed by atoms with Crippen LogP contribution in [-0.2, 0) is 12.3 Å². The Morgan fingerprint density at radius 3 is 2.41 bits per heavy atom. The van der Waals surface area contributed by atoms with E-state index in [0.29, 0.717) is 15.8 Å². The lowest BCUT2D eigenvalue weighted by atomic mass is 10.2. The van der Waals surface area contributed by atoms with E-state index in [9.17, 15) is 0 Å². The number of thioether (sulfide) groups is 1. The largest absolute Gasteiger partial charge is 0.483 e. The molecule has 0 aliphatic rings. The highest BCUT2D eigenvalue weighted by atomic mass is 79.9. The second kappa shape index (κ2) is 9.32. The van der Waals surface area contributed by atoms with Crippen molar-refractivity contribution in [3.05, 3.63) is 68.4 Å². The van der Waals surface area contributed by atoms with E-state index in [-0.39, 0.29) is 6.10 Å². The molecule has 0 aliphatic heterocycles. The SMILES string of the molecule is CCn1c(SCc2c(Cl)cccc2Cl)nnc1C(C)Oc1ccc(Br)cc1. The summed E-state index contributed by atoms with van der Waals surface area (Å²) < 4.78 is 9.08. The molecule has 142 valence electrons. The molecule has 27 heavy (non-hydrogen) atoms. The maximum absolute atomic E-state index is 6.26. The lowest BCUT2D eigenvalue weighted by molar-refractivity contribution is 0.210. The third-order valence-corrected chi connectivity index (χ3v) is 6.19. The molecule has 0 fully saturated rings. The van der Waals surface area contributed by atoms with Crippen molar-refractivity contribution in [2.75, 3.05) is 0 Å². The summed E-state index contributed by atoms with van der Waals surface area (Å²) in [6, 6.07) is 13.3. The second-order valence-electron chi connectivity index (χ2n) is 5.79. The van der Waals surface area contributed by atoms with Crippen LogP contribution in [-0.4, -0.2) is 14.8 Å². The van der Waals surface area contributed by atoms with Crippen LogP contribution in [0.15, 0.2) is 52.1 Å². The van der Waals surface area contributed by atoms with Crippen molar-refractivity contribution >= 4 is 50.9 Å². The molecule has 0 radical (unpaired) electrons. The van der Waals surface area contributed by atoms with Crippen molar-refractivity contribution in [3.8, 4) is 5.75 Å². The Morgan fingerprint density at radius 2 is 1.78 bits per heavy atom. The van der Waals surface area contributed by atoms with Crippen LogP contribution >= 0.6 is 50.9 Å². The van der Waals surface area contributed by atoms with Crippen molar-refractivity contribution in [3.63, 3.8) is 0 Å². The van der Waals surface area contributed by atoms with Gasteiger partial charge in [0.25, 0.3) is 0 Å². The lowest BCUT2D eigenvalue weighted by Crippen LogP contribution is -2.12. The van der Waals surface area contributed by atoms with E-state index in [1.165, 1.54) is 0 Å². The van der Waals surface area contributed by atoms with Gasteiger partial charge in [-0.1, -0.05) is 57.0 Å². The van der Waals surface area contributed by atoms with E-state index in [2.05, 4.69) is 37.6 Å². The van der Waals surface area contributed by atoms with Crippen LogP contribution in [0.4, 0.5) is 0 Å². The fraction of sp³-hybridized carbons (Fsp3) is 0.263. The molecule has 1 atom stereocenters. The molecule has 3 rings (SSSR count). The molecule has 0 saturated carbocycles. The summed E-state index contributed by atoms with van der Waals surface area (Å²) >= 11 is 17.5. The summed E-state index contributed by atoms with van der Waals surface area (Å²) in [7, 11) is 0. The number of ether oxygens (including phenoxy) is 1. The van der Waals surface area contributed by atoms with E-state index in [1.54, 1.807) is 11.8 Å². The Kier molecular flexibility index (Phi) is 7.09. The zero-order chi connectivity index (χ0) is 19.4. The fourth-order valence-electron chi connectivity index (χ4n) is 2.58. The molecule has 2 aromatic carbocycles. The van der Waals surface area contributed by atoms with Crippen LogP contribution in [0.1, 0.15) is 31.3 Å². The molecule has 0 aliphatic carbocycles. The predicted octanol–water partition coefficient (Wildman–Crippen LogP) is 6.80. The van der Waals surface area contributed by atoms with E-state index < -0.39 is 0 Å². The molecule has 1 aromatic heterocycles. The average molecular weight is 487 g/mol. The smallest absolute Gasteiger partial charge is 0.191 e. The summed E-state index contributed by atoms with van der Waals surface area (Å²) in [5.41, 5.74) is 0.900. The topological polar surface area (TPSA) is 39.9 Å². The highest BCUT2D eigenvalue weighted by Crippen LogP contribution is 2.32. The zero-order valence-electron chi connectivity index (χ0n) is 14.8. The maximum Gasteiger partial charge on any atom is 0.191 e. The standard InChI is InChI=1S/C19H18BrCl2N3OS/c1-3-25-18(12(2)26-14-9-7-13(20)8-10-14)23-24-19(25)27-11-15-16(21)5-4-6-17(15)22/h4-10,12H,3,11H2,1-2H3. The number of hydrogen-bond donors (Lipinski definition) is 0. The normalized spacial score (nSPS) is 12.2. The van der Waals surface area contributed by atoms with Crippen LogP contribution in [0.25, 0.3) is 0 Å². The first-order valence-electron chi connectivity index (χ1n) is 8.40. The minimum Gasteiger partial charge on any atom is -0.483 e. The summed E-state index contributed by atoms with van der Waals surface area (Å²) in [4.78, 5) is 0. The summed E-state index contributed by atoms with van der Waals surface area (Å²) in [6.07, 6.45) is -0.225. The Labute approximate surface area is 181 Å². The van der Waals surface area contributed by atoms with Crippen molar-refractivity contribution in [2.45, 2.75) is 37.4 Å². The number of halogens is 3. The third-order valence-electron chi connectivity index (χ3n) is 3.96. The van der Waals surface area contributed by atoms with Gasteiger partial charge in [0.2, 0.25) is 0 Å². The van der Waals surface area contributed by atoms with Gasteiger partial charge < -0.3 is 9.30 Å². The van der Waals surface area contributed by atoms with Gasteiger partial charge in [-0.05, 0) is 55.8 Å². The monoisotopic (exact) mass is 485 g/mol. The molecule has 0 spiro atoms. The van der Waals surface area contributed by atoms with Gasteiger partial charge >= 0.3 is 0 Å². The quantitative estimate of drug-likeness (QED) is 0.344. The molecule has 0 amide bonds. The molecule has 1 unspecified atom stereocenters. The van der Waals surface area contributed by atoms with Gasteiger partial charge in [-0.15, -0.1) is 10.2 Å². The Morgan fingerprint density at radius 1 is 1.11 bits per heavy atom. The first-order valence-corrected chi connectivity index (χ1v) is 10.9. The number of benzene rings is 2. The van der Waals surface area contributed by atoms with Crippen molar-refractivity contribution in [1.29, 1.82) is 0 Å². The van der Waals surface area contributed by atoms with Gasteiger partial charge in [-0.2, -0.15) is 0 Å². The van der Waals surface area contributed by atoms with Crippen LogP contribution in [0.2, 0.25) is 10.0 Å². The van der Waals surface area contributed by atoms with Crippen LogP contribution in [0, 0.1) is 0 Å². The van der Waals surface area contributed by atoms with Crippen LogP contribution in [0.5, 0.6) is 5.75 Å². The highest BCUT2D eigenvalue weighted by Gasteiger charge is 2.19. The Hall–Kier alpha value is -1.21. The number of rotatable bonds is 7. The van der Waals surface area contributed by atoms with Gasteiger partial charge in [-0.25, -0.2) is 0 Å². The minimum absolute atomic E-state index is 0.225. The Bertz CT molecular complexity index is 898. The van der Waals surface area contributed by atoms with Gasteiger partial charge in [-0.3, -0.25) is 0 Å². The van der Waals surface area contributed by atoms with Crippen molar-refractivity contribution in [1.82, 2.24) is 14.8 Å². The zero-order valence-corrected chi connectivity index (χ0v) is 18.7. The summed E-state index contributed by atoms with van der Waals surface area (Å²) in [6.45, 7) is 4.78. The van der Waals surface area contributed by atoms with Gasteiger partial charge in [0.05, 0.1) is 0 Å². The first kappa shape index (κ1) is 20.5.